The van der Waals surface area contributed by atoms with Crippen LogP contribution in [-0.2, 0) is 14.3 Å². The number of amides is 2. The van der Waals surface area contributed by atoms with E-state index in [2.05, 4.69) is 20.4 Å². The third-order valence-corrected chi connectivity index (χ3v) is 3.84. The Bertz CT molecular complexity index is 917. The Morgan fingerprint density at radius 3 is 2.77 bits per heavy atom. The highest BCUT2D eigenvalue weighted by atomic mass is 19.1. The number of nitrogens with one attached hydrogen (secondary N) is 2. The normalized spacial score (nSPS) is 18.2. The lowest BCUT2D eigenvalue weighted by atomic mass is 10.0. The number of benzene rings is 1. The molecule has 1 aromatic heterocycles. The second-order valence-corrected chi connectivity index (χ2v) is 5.55. The van der Waals surface area contributed by atoms with Crippen molar-refractivity contribution in [3.05, 3.63) is 47.9 Å². The fourth-order valence-corrected chi connectivity index (χ4v) is 2.34. The number of rotatable bonds is 3. The molecule has 1 aliphatic rings. The smallest absolute Gasteiger partial charge is 0.341 e. The quantitative estimate of drug-likeness (QED) is 0.639. The van der Waals surface area contributed by atoms with E-state index < -0.39 is 40.6 Å². The van der Waals surface area contributed by atoms with Crippen molar-refractivity contribution in [1.29, 1.82) is 0 Å². The van der Waals surface area contributed by atoms with Crippen molar-refractivity contribution in [3.8, 4) is 5.75 Å². The van der Waals surface area contributed by atoms with Crippen LogP contribution in [0.15, 0.2) is 36.5 Å². The molecule has 1 unspecified atom stereocenters. The minimum absolute atomic E-state index is 0.293. The summed E-state index contributed by atoms with van der Waals surface area (Å²) in [5, 5.41) is 4.74. The molecular weight excluding hydrogens is 345 g/mol. The zero-order valence-electron chi connectivity index (χ0n) is 13.8. The zero-order chi connectivity index (χ0) is 18.9. The second kappa shape index (κ2) is 6.43. The summed E-state index contributed by atoms with van der Waals surface area (Å²) in [6.07, 6.45) is 1.13. The van der Waals surface area contributed by atoms with Crippen molar-refractivity contribution < 1.29 is 28.2 Å². The Balaban J connectivity index is 1.89. The van der Waals surface area contributed by atoms with Crippen molar-refractivity contribution in [3.63, 3.8) is 0 Å². The van der Waals surface area contributed by atoms with E-state index in [4.69, 9.17) is 4.74 Å². The van der Waals surface area contributed by atoms with Crippen LogP contribution in [0.4, 0.5) is 15.9 Å². The zero-order valence-corrected chi connectivity index (χ0v) is 13.8. The highest BCUT2D eigenvalue weighted by Crippen LogP contribution is 2.33. The van der Waals surface area contributed by atoms with Crippen molar-refractivity contribution in [2.24, 2.45) is 0 Å². The number of para-hydroxylation sites is 2. The number of anilines is 2. The predicted octanol–water partition coefficient (Wildman–Crippen LogP) is 1.74. The number of fused-ring (bicyclic) bond motifs is 1. The number of hydrogen-bond acceptors (Lipinski definition) is 6. The molecule has 134 valence electrons. The first kappa shape index (κ1) is 17.3. The number of hydrogen-bond donors (Lipinski definition) is 2. The van der Waals surface area contributed by atoms with E-state index in [-0.39, 0.29) is 0 Å². The summed E-state index contributed by atoms with van der Waals surface area (Å²) < 4.78 is 24.4. The number of halogens is 1. The van der Waals surface area contributed by atoms with Crippen LogP contribution >= 0.6 is 0 Å². The van der Waals surface area contributed by atoms with Gasteiger partial charge in [-0.15, -0.1) is 0 Å². The standard InChI is InChI=1S/C17H14FN3O5/c1-17(15(23)20-10-5-3-4-6-11(10)26-17)16(24)21-13-12(18)9(7-8-19-13)14(22)25-2/h3-8H,1-2H3,(H,20,23)(H,19,21,24). The van der Waals surface area contributed by atoms with Gasteiger partial charge in [0.1, 0.15) is 11.3 Å². The van der Waals surface area contributed by atoms with Crippen molar-refractivity contribution >= 4 is 29.3 Å². The number of pyridine rings is 1. The topological polar surface area (TPSA) is 107 Å². The number of aromatic nitrogens is 1. The number of nitrogens with zero attached hydrogens (tertiary/aromatic N) is 1. The molecule has 2 heterocycles. The van der Waals surface area contributed by atoms with Gasteiger partial charge in [-0.25, -0.2) is 14.2 Å². The van der Waals surface area contributed by atoms with Crippen LogP contribution in [0.2, 0.25) is 0 Å². The Hall–Kier alpha value is -3.49. The van der Waals surface area contributed by atoms with Gasteiger partial charge in [-0.3, -0.25) is 9.59 Å². The molecule has 1 aliphatic heterocycles. The van der Waals surface area contributed by atoms with Gasteiger partial charge in [0.2, 0.25) is 0 Å². The van der Waals surface area contributed by atoms with Crippen molar-refractivity contribution in [2.45, 2.75) is 12.5 Å². The van der Waals surface area contributed by atoms with Crippen LogP contribution in [0.1, 0.15) is 17.3 Å². The van der Waals surface area contributed by atoms with E-state index in [1.807, 2.05) is 0 Å². The molecule has 0 fully saturated rings. The molecule has 2 aromatic rings. The molecule has 3 rings (SSSR count). The second-order valence-electron chi connectivity index (χ2n) is 5.55. The summed E-state index contributed by atoms with van der Waals surface area (Å²) >= 11 is 0. The van der Waals surface area contributed by atoms with E-state index in [1.165, 1.54) is 6.92 Å². The third-order valence-electron chi connectivity index (χ3n) is 3.84. The predicted molar refractivity (Wildman–Crippen MR) is 88.3 cm³/mol. The lowest BCUT2D eigenvalue weighted by Crippen LogP contribution is -2.56. The van der Waals surface area contributed by atoms with Gasteiger partial charge in [0.05, 0.1) is 12.8 Å². The number of ether oxygens (including phenoxy) is 2. The lowest BCUT2D eigenvalue weighted by molar-refractivity contribution is -0.143. The molecule has 0 saturated carbocycles. The Labute approximate surface area is 147 Å². The van der Waals surface area contributed by atoms with E-state index in [0.29, 0.717) is 11.4 Å². The number of carbonyl (C=O) groups excluding carboxylic acids is 3. The summed E-state index contributed by atoms with van der Waals surface area (Å²) in [5.74, 6) is -3.90. The fraction of sp³-hybridized carbons (Fsp3) is 0.176. The fourth-order valence-electron chi connectivity index (χ4n) is 2.34. The summed E-state index contributed by atoms with van der Waals surface area (Å²) in [5.41, 5.74) is -1.94. The van der Waals surface area contributed by atoms with Crippen LogP contribution in [0.3, 0.4) is 0 Å². The van der Waals surface area contributed by atoms with Crippen LogP contribution < -0.4 is 15.4 Å². The van der Waals surface area contributed by atoms with Crippen LogP contribution in [0, 0.1) is 5.82 Å². The highest BCUT2D eigenvalue weighted by Gasteiger charge is 2.47. The summed E-state index contributed by atoms with van der Waals surface area (Å²) in [4.78, 5) is 40.1. The molecule has 0 spiro atoms. The molecule has 2 N–H and O–H groups in total. The first-order valence-corrected chi connectivity index (χ1v) is 7.50. The van der Waals surface area contributed by atoms with Gasteiger partial charge in [-0.1, -0.05) is 12.1 Å². The van der Waals surface area contributed by atoms with Crippen molar-refractivity contribution in [2.75, 3.05) is 17.7 Å². The first-order chi connectivity index (χ1) is 12.4. The van der Waals surface area contributed by atoms with E-state index >= 15 is 0 Å². The number of carbonyl (C=O) groups is 3. The van der Waals surface area contributed by atoms with E-state index in [9.17, 15) is 18.8 Å². The molecule has 0 radical (unpaired) electrons. The lowest BCUT2D eigenvalue weighted by Gasteiger charge is -2.33. The number of methoxy groups -OCH3 is 1. The summed E-state index contributed by atoms with van der Waals surface area (Å²) in [6.45, 7) is 1.25. The van der Waals surface area contributed by atoms with Gasteiger partial charge < -0.3 is 20.1 Å². The molecule has 0 aliphatic carbocycles. The molecule has 0 bridgehead atoms. The maximum Gasteiger partial charge on any atom is 0.341 e. The molecule has 1 atom stereocenters. The van der Waals surface area contributed by atoms with Gasteiger partial charge in [-0.05, 0) is 25.1 Å². The molecule has 8 nitrogen and oxygen atoms in total. The minimum Gasteiger partial charge on any atom is -0.466 e. The number of esters is 1. The summed E-state index contributed by atoms with van der Waals surface area (Å²) in [7, 11) is 1.10. The molecule has 1 aromatic carbocycles. The van der Waals surface area contributed by atoms with Gasteiger partial charge in [-0.2, -0.15) is 0 Å². The molecule has 2 amide bonds. The van der Waals surface area contributed by atoms with Crippen LogP contribution in [0.5, 0.6) is 5.75 Å². The molecule has 0 saturated heterocycles. The first-order valence-electron chi connectivity index (χ1n) is 7.50. The largest absolute Gasteiger partial charge is 0.466 e. The maximum absolute atomic E-state index is 14.4. The average molecular weight is 359 g/mol. The van der Waals surface area contributed by atoms with Gasteiger partial charge in [0.15, 0.2) is 11.6 Å². The molecular formula is C17H14FN3O5. The highest BCUT2D eigenvalue weighted by molar-refractivity contribution is 6.18. The average Bonchev–Trinajstić information content (AvgIpc) is 2.63. The summed E-state index contributed by atoms with van der Waals surface area (Å²) in [6, 6.07) is 7.68. The van der Waals surface area contributed by atoms with Gasteiger partial charge in [0.25, 0.3) is 17.4 Å². The maximum atomic E-state index is 14.4. The SMILES string of the molecule is COC(=O)c1ccnc(NC(=O)C2(C)Oc3ccccc3NC2=O)c1F. The van der Waals surface area contributed by atoms with Crippen LogP contribution in [0.25, 0.3) is 0 Å². The monoisotopic (exact) mass is 359 g/mol. The minimum atomic E-state index is -1.95. The van der Waals surface area contributed by atoms with Gasteiger partial charge >= 0.3 is 5.97 Å². The third kappa shape index (κ3) is 2.83. The Kier molecular flexibility index (Phi) is 4.29. The van der Waals surface area contributed by atoms with E-state index in [0.717, 1.165) is 19.4 Å². The van der Waals surface area contributed by atoms with Crippen LogP contribution in [-0.4, -0.2) is 35.5 Å². The Morgan fingerprint density at radius 1 is 1.31 bits per heavy atom. The molecule has 26 heavy (non-hydrogen) atoms. The van der Waals surface area contributed by atoms with Gasteiger partial charge in [0, 0.05) is 6.20 Å². The van der Waals surface area contributed by atoms with E-state index in [1.54, 1.807) is 24.3 Å². The van der Waals surface area contributed by atoms with Crippen molar-refractivity contribution in [1.82, 2.24) is 4.98 Å². The Morgan fingerprint density at radius 2 is 2.04 bits per heavy atom. The molecule has 9 heteroatoms.